The number of ether oxygens (including phenoxy) is 1. The predicted octanol–water partition coefficient (Wildman–Crippen LogP) is 0.658. The number of hydrogen-bond donors (Lipinski definition) is 1. The zero-order chi connectivity index (χ0) is 11.7. The van der Waals surface area contributed by atoms with Crippen molar-refractivity contribution in [1.82, 2.24) is 10.2 Å². The van der Waals surface area contributed by atoms with Crippen molar-refractivity contribution in [3.05, 3.63) is 33.8 Å². The average Bonchev–Trinajstić information content (AvgIpc) is 3.01. The maximum Gasteiger partial charge on any atom is 0.321 e. The third-order valence-corrected chi connectivity index (χ3v) is 2.48. The zero-order valence-corrected chi connectivity index (χ0v) is 9.34. The van der Waals surface area contributed by atoms with Crippen molar-refractivity contribution in [2.24, 2.45) is 0 Å². The first-order valence-corrected chi connectivity index (χ1v) is 5.24. The van der Waals surface area contributed by atoms with Crippen LogP contribution in [-0.2, 0) is 4.74 Å². The predicted molar refractivity (Wildman–Crippen MR) is 57.9 cm³/mol. The van der Waals surface area contributed by atoms with E-state index in [9.17, 15) is 10.1 Å². The largest absolute Gasteiger partial charge is 0.490 e. The molecule has 1 fully saturated rings. The van der Waals surface area contributed by atoms with E-state index < -0.39 is 4.92 Å². The minimum Gasteiger partial charge on any atom is -0.490 e. The molecule has 2 aliphatic rings. The topological polar surface area (TPSA) is 67.6 Å². The fourth-order valence-corrected chi connectivity index (χ4v) is 1.41. The molecule has 0 bridgehead atoms. The number of nitrogens with zero attached hydrogens (tertiary/aromatic N) is 2. The van der Waals surface area contributed by atoms with E-state index in [2.05, 4.69) is 5.32 Å². The molecule has 1 saturated carbocycles. The highest BCUT2D eigenvalue weighted by atomic mass is 16.6. The normalized spacial score (nSPS) is 24.6. The average molecular weight is 225 g/mol. The summed E-state index contributed by atoms with van der Waals surface area (Å²) >= 11 is 0. The fraction of sp³-hybridized carbons (Fsp3) is 0.600. The van der Waals surface area contributed by atoms with Crippen molar-refractivity contribution in [2.45, 2.75) is 25.1 Å². The maximum atomic E-state index is 10.7. The number of dihydropyridines is 1. The summed E-state index contributed by atoms with van der Waals surface area (Å²) in [5, 5.41) is 13.6. The number of allylic oxidation sites excluding steroid dienone is 1. The smallest absolute Gasteiger partial charge is 0.321 e. The first kappa shape index (κ1) is 10.9. The van der Waals surface area contributed by atoms with Gasteiger partial charge >= 0.3 is 5.82 Å². The van der Waals surface area contributed by atoms with Crippen LogP contribution in [-0.4, -0.2) is 36.2 Å². The second-order valence-electron chi connectivity index (χ2n) is 4.23. The van der Waals surface area contributed by atoms with Crippen molar-refractivity contribution >= 4 is 0 Å². The summed E-state index contributed by atoms with van der Waals surface area (Å²) in [6, 6.07) is 0. The zero-order valence-electron chi connectivity index (χ0n) is 9.34. The quantitative estimate of drug-likeness (QED) is 0.562. The van der Waals surface area contributed by atoms with E-state index in [1.54, 1.807) is 0 Å². The van der Waals surface area contributed by atoms with Gasteiger partial charge in [0.2, 0.25) is 0 Å². The Morgan fingerprint density at radius 2 is 2.25 bits per heavy atom. The van der Waals surface area contributed by atoms with Gasteiger partial charge in [-0.2, -0.15) is 0 Å². The Bertz CT molecular complexity index is 358. The van der Waals surface area contributed by atoms with Crippen molar-refractivity contribution < 1.29 is 9.66 Å². The Kier molecular flexibility index (Phi) is 2.82. The van der Waals surface area contributed by atoms with Crippen molar-refractivity contribution in [3.63, 3.8) is 0 Å². The third kappa shape index (κ3) is 2.52. The van der Waals surface area contributed by atoms with Gasteiger partial charge in [-0.1, -0.05) is 0 Å². The molecule has 1 aliphatic carbocycles. The van der Waals surface area contributed by atoms with Gasteiger partial charge in [0, 0.05) is 6.08 Å². The van der Waals surface area contributed by atoms with Gasteiger partial charge in [-0.15, -0.1) is 0 Å². The number of nitro groups is 1. The van der Waals surface area contributed by atoms with Gasteiger partial charge in [-0.25, -0.2) is 0 Å². The Hall–Kier alpha value is -1.56. The van der Waals surface area contributed by atoms with Crippen LogP contribution in [0, 0.1) is 10.1 Å². The molecule has 1 N–H and O–H groups in total. The van der Waals surface area contributed by atoms with Crippen LogP contribution in [0.15, 0.2) is 23.7 Å². The molecule has 1 atom stereocenters. The molecule has 1 aliphatic heterocycles. The van der Waals surface area contributed by atoms with Gasteiger partial charge < -0.3 is 14.9 Å². The molecule has 0 aromatic rings. The molecule has 88 valence electrons. The van der Waals surface area contributed by atoms with Crippen molar-refractivity contribution in [1.29, 1.82) is 0 Å². The van der Waals surface area contributed by atoms with Gasteiger partial charge in [-0.05, 0) is 31.9 Å². The Morgan fingerprint density at radius 3 is 2.75 bits per heavy atom. The molecular weight excluding hydrogens is 210 g/mol. The van der Waals surface area contributed by atoms with E-state index in [0.717, 1.165) is 12.8 Å². The summed E-state index contributed by atoms with van der Waals surface area (Å²) < 4.78 is 5.58. The molecule has 0 aromatic heterocycles. The Balaban J connectivity index is 2.13. The van der Waals surface area contributed by atoms with Gasteiger partial charge in [0.25, 0.3) is 0 Å². The summed E-state index contributed by atoms with van der Waals surface area (Å²) in [6.07, 6.45) is 5.43. The summed E-state index contributed by atoms with van der Waals surface area (Å²) in [6.45, 7) is 0. The number of nitrogens with one attached hydrogen (secondary N) is 1. The third-order valence-electron chi connectivity index (χ3n) is 2.48. The Morgan fingerprint density at radius 1 is 1.56 bits per heavy atom. The van der Waals surface area contributed by atoms with Crippen molar-refractivity contribution in [3.8, 4) is 0 Å². The van der Waals surface area contributed by atoms with E-state index in [1.807, 2.05) is 25.1 Å². The van der Waals surface area contributed by atoms with E-state index in [4.69, 9.17) is 4.74 Å². The van der Waals surface area contributed by atoms with Gasteiger partial charge in [0.1, 0.15) is 5.76 Å². The molecule has 2 rings (SSSR count). The van der Waals surface area contributed by atoms with Crippen LogP contribution in [0.5, 0.6) is 0 Å². The van der Waals surface area contributed by atoms with Crippen LogP contribution in [0.4, 0.5) is 0 Å². The Labute approximate surface area is 93.7 Å². The standard InChI is InChI=1S/C10H15N3O3/c1-12(2)9-5-8(16-7-3-4-7)6-10(11-9)13(14)15/h5-7,9,11H,3-4H2,1-2H3. The van der Waals surface area contributed by atoms with E-state index in [-0.39, 0.29) is 18.1 Å². The van der Waals surface area contributed by atoms with Crippen LogP contribution >= 0.6 is 0 Å². The number of likely N-dealkylation sites (N-methyl/N-ethyl adjacent to an activating group) is 1. The summed E-state index contributed by atoms with van der Waals surface area (Å²) in [7, 11) is 3.71. The SMILES string of the molecule is CN(C)C1C=C(OC2CC2)C=C([N+](=O)[O-])N1. The fourth-order valence-electron chi connectivity index (χ4n) is 1.41. The lowest BCUT2D eigenvalue weighted by Crippen LogP contribution is -2.43. The molecule has 0 saturated heterocycles. The van der Waals surface area contributed by atoms with E-state index in [1.165, 1.54) is 6.08 Å². The first-order chi connectivity index (χ1) is 7.56. The summed E-state index contributed by atoms with van der Waals surface area (Å²) in [5.41, 5.74) is 0. The highest BCUT2D eigenvalue weighted by molar-refractivity contribution is 5.22. The lowest BCUT2D eigenvalue weighted by atomic mass is 10.2. The molecule has 1 unspecified atom stereocenters. The van der Waals surface area contributed by atoms with Crippen LogP contribution in [0.3, 0.4) is 0 Å². The molecule has 1 heterocycles. The lowest BCUT2D eigenvalue weighted by molar-refractivity contribution is -0.433. The van der Waals surface area contributed by atoms with Gasteiger partial charge in [0.15, 0.2) is 6.17 Å². The second-order valence-corrected chi connectivity index (χ2v) is 4.23. The molecule has 6 nitrogen and oxygen atoms in total. The number of rotatable bonds is 4. The van der Waals surface area contributed by atoms with Crippen LogP contribution in [0.2, 0.25) is 0 Å². The maximum absolute atomic E-state index is 10.7. The molecule has 6 heteroatoms. The summed E-state index contributed by atoms with van der Waals surface area (Å²) in [4.78, 5) is 12.2. The number of hydrogen-bond acceptors (Lipinski definition) is 5. The van der Waals surface area contributed by atoms with Gasteiger partial charge in [0.05, 0.1) is 12.2 Å². The lowest BCUT2D eigenvalue weighted by Gasteiger charge is -2.23. The summed E-state index contributed by atoms with van der Waals surface area (Å²) in [5.74, 6) is 0.573. The van der Waals surface area contributed by atoms with E-state index >= 15 is 0 Å². The minimum atomic E-state index is -0.431. The first-order valence-electron chi connectivity index (χ1n) is 5.24. The molecule has 0 aromatic carbocycles. The van der Waals surface area contributed by atoms with Gasteiger partial charge in [-0.3, -0.25) is 10.2 Å². The van der Waals surface area contributed by atoms with Crippen LogP contribution in [0.25, 0.3) is 0 Å². The van der Waals surface area contributed by atoms with Crippen LogP contribution < -0.4 is 5.32 Å². The second kappa shape index (κ2) is 4.13. The van der Waals surface area contributed by atoms with Crippen LogP contribution in [0.1, 0.15) is 12.8 Å². The van der Waals surface area contributed by atoms with Crippen molar-refractivity contribution in [2.75, 3.05) is 14.1 Å². The van der Waals surface area contributed by atoms with E-state index in [0.29, 0.717) is 5.76 Å². The molecule has 0 radical (unpaired) electrons. The highest BCUT2D eigenvalue weighted by Gasteiger charge is 2.29. The molecule has 16 heavy (non-hydrogen) atoms. The molecule has 0 spiro atoms. The highest BCUT2D eigenvalue weighted by Crippen LogP contribution is 2.28. The molecular formula is C10H15N3O3. The molecule has 0 amide bonds. The monoisotopic (exact) mass is 225 g/mol. The minimum absolute atomic E-state index is 0.0168.